The van der Waals surface area contributed by atoms with Crippen LogP contribution in [0.1, 0.15) is 19.4 Å². The normalized spacial score (nSPS) is 10.5. The van der Waals surface area contributed by atoms with Crippen LogP contribution in [0.25, 0.3) is 0 Å². The number of carbonyl (C=O) groups excluding carboxylic acids is 1. The summed E-state index contributed by atoms with van der Waals surface area (Å²) in [7, 11) is 0. The lowest BCUT2D eigenvalue weighted by molar-refractivity contribution is -0.121. The van der Waals surface area contributed by atoms with Gasteiger partial charge in [0, 0.05) is 12.3 Å². The fraction of sp³-hybridized carbons (Fsp3) is 0.364. The van der Waals surface area contributed by atoms with Crippen molar-refractivity contribution in [2.45, 2.75) is 20.3 Å². The summed E-state index contributed by atoms with van der Waals surface area (Å²) in [6, 6.07) is 6.17. The van der Waals surface area contributed by atoms with Crippen LogP contribution < -0.4 is 0 Å². The zero-order chi connectivity index (χ0) is 9.84. The molecule has 1 nitrogen and oxygen atoms in total. The van der Waals surface area contributed by atoms with Crippen molar-refractivity contribution in [2.24, 2.45) is 5.92 Å². The van der Waals surface area contributed by atoms with E-state index in [9.17, 15) is 9.18 Å². The van der Waals surface area contributed by atoms with E-state index < -0.39 is 0 Å². The Morgan fingerprint density at radius 2 is 2.15 bits per heavy atom. The molecule has 0 aromatic heterocycles. The third-order valence-corrected chi connectivity index (χ3v) is 1.91. The van der Waals surface area contributed by atoms with E-state index in [0.717, 1.165) is 5.56 Å². The molecule has 0 bridgehead atoms. The van der Waals surface area contributed by atoms with Crippen molar-refractivity contribution < 1.29 is 9.18 Å². The lowest BCUT2D eigenvalue weighted by atomic mass is 10.0. The topological polar surface area (TPSA) is 17.1 Å². The zero-order valence-corrected chi connectivity index (χ0v) is 7.88. The first-order valence-electron chi connectivity index (χ1n) is 4.36. The molecule has 1 aromatic rings. The highest BCUT2D eigenvalue weighted by Gasteiger charge is 2.08. The van der Waals surface area contributed by atoms with Crippen LogP contribution in [0.3, 0.4) is 0 Å². The molecule has 13 heavy (non-hydrogen) atoms. The maximum Gasteiger partial charge on any atom is 0.139 e. The molecule has 0 unspecified atom stereocenters. The molecule has 1 aromatic carbocycles. The molecule has 0 atom stereocenters. The van der Waals surface area contributed by atoms with E-state index in [2.05, 4.69) is 0 Å². The summed E-state index contributed by atoms with van der Waals surface area (Å²) in [5.74, 6) is -0.122. The largest absolute Gasteiger partial charge is 0.299 e. The van der Waals surface area contributed by atoms with Gasteiger partial charge in [-0.3, -0.25) is 4.79 Å². The van der Waals surface area contributed by atoms with E-state index in [0.29, 0.717) is 6.42 Å². The Bertz CT molecular complexity index is 305. The minimum atomic E-state index is -0.283. The lowest BCUT2D eigenvalue weighted by Crippen LogP contribution is -2.10. The quantitative estimate of drug-likeness (QED) is 0.698. The monoisotopic (exact) mass is 180 g/mol. The molecular formula is C11H13FO. The van der Waals surface area contributed by atoms with Crippen molar-refractivity contribution in [3.63, 3.8) is 0 Å². The van der Waals surface area contributed by atoms with E-state index in [1.165, 1.54) is 12.1 Å². The van der Waals surface area contributed by atoms with Gasteiger partial charge in [-0.05, 0) is 17.7 Å². The molecule has 1 rings (SSSR count). The van der Waals surface area contributed by atoms with Gasteiger partial charge in [0.15, 0.2) is 0 Å². The van der Waals surface area contributed by atoms with E-state index in [1.807, 2.05) is 13.8 Å². The molecule has 70 valence electrons. The second-order valence-corrected chi connectivity index (χ2v) is 3.43. The predicted molar refractivity (Wildman–Crippen MR) is 49.9 cm³/mol. The van der Waals surface area contributed by atoms with Gasteiger partial charge in [-0.25, -0.2) is 4.39 Å². The van der Waals surface area contributed by atoms with Crippen molar-refractivity contribution in [1.29, 1.82) is 0 Å². The van der Waals surface area contributed by atoms with E-state index in [4.69, 9.17) is 0 Å². The number of hydrogen-bond donors (Lipinski definition) is 0. The van der Waals surface area contributed by atoms with Crippen molar-refractivity contribution in [1.82, 2.24) is 0 Å². The molecule has 0 aliphatic carbocycles. The first kappa shape index (κ1) is 9.90. The van der Waals surface area contributed by atoms with E-state index >= 15 is 0 Å². The second-order valence-electron chi connectivity index (χ2n) is 3.43. The molecule has 2 heteroatoms. The standard InChI is InChI=1S/C11H13FO/c1-8(2)11(13)7-9-4-3-5-10(12)6-9/h3-6,8H,7H2,1-2H3. The van der Waals surface area contributed by atoms with Gasteiger partial charge in [-0.2, -0.15) is 0 Å². The van der Waals surface area contributed by atoms with Crippen LogP contribution in [0.15, 0.2) is 24.3 Å². The highest BCUT2D eigenvalue weighted by molar-refractivity contribution is 5.82. The van der Waals surface area contributed by atoms with Crippen molar-refractivity contribution in [3.8, 4) is 0 Å². The lowest BCUT2D eigenvalue weighted by Gasteiger charge is -2.03. The third kappa shape index (κ3) is 2.98. The van der Waals surface area contributed by atoms with Gasteiger partial charge >= 0.3 is 0 Å². The van der Waals surface area contributed by atoms with Crippen LogP contribution in [0.4, 0.5) is 4.39 Å². The molecule has 0 aliphatic rings. The average Bonchev–Trinajstić information content (AvgIpc) is 2.04. The number of Topliss-reactive ketones (excluding diaryl/α,β-unsaturated/α-hetero) is 1. The number of halogens is 1. The Labute approximate surface area is 77.6 Å². The molecule has 0 saturated carbocycles. The smallest absolute Gasteiger partial charge is 0.139 e. The Hall–Kier alpha value is -1.18. The fourth-order valence-corrected chi connectivity index (χ4v) is 1.05. The first-order valence-corrected chi connectivity index (χ1v) is 4.36. The number of ketones is 1. The van der Waals surface area contributed by atoms with Crippen molar-refractivity contribution >= 4 is 5.78 Å². The van der Waals surface area contributed by atoms with Gasteiger partial charge in [-0.15, -0.1) is 0 Å². The van der Waals surface area contributed by atoms with E-state index in [1.54, 1.807) is 12.1 Å². The van der Waals surface area contributed by atoms with Crippen LogP contribution in [0.5, 0.6) is 0 Å². The highest BCUT2D eigenvalue weighted by Crippen LogP contribution is 2.07. The van der Waals surface area contributed by atoms with Crippen LogP contribution in [0, 0.1) is 11.7 Å². The van der Waals surface area contributed by atoms with Crippen LogP contribution >= 0.6 is 0 Å². The molecule has 0 saturated heterocycles. The number of hydrogen-bond acceptors (Lipinski definition) is 1. The molecule has 0 amide bonds. The summed E-state index contributed by atoms with van der Waals surface area (Å²) in [6.07, 6.45) is 0.329. The average molecular weight is 180 g/mol. The van der Waals surface area contributed by atoms with Crippen LogP contribution in [0.2, 0.25) is 0 Å². The molecular weight excluding hydrogens is 167 g/mol. The fourth-order valence-electron chi connectivity index (χ4n) is 1.05. The number of carbonyl (C=O) groups is 1. The van der Waals surface area contributed by atoms with Gasteiger partial charge < -0.3 is 0 Å². The SMILES string of the molecule is CC(C)C(=O)Cc1cccc(F)c1. The molecule has 0 heterocycles. The van der Waals surface area contributed by atoms with Gasteiger partial charge in [0.1, 0.15) is 11.6 Å². The molecule has 0 N–H and O–H groups in total. The van der Waals surface area contributed by atoms with Crippen LogP contribution in [-0.4, -0.2) is 5.78 Å². The summed E-state index contributed by atoms with van der Waals surface area (Å²) in [5.41, 5.74) is 0.749. The molecule has 0 aliphatic heterocycles. The van der Waals surface area contributed by atoms with Crippen molar-refractivity contribution in [3.05, 3.63) is 35.6 Å². The second kappa shape index (κ2) is 4.17. The molecule has 0 radical (unpaired) electrons. The van der Waals surface area contributed by atoms with Gasteiger partial charge in [0.05, 0.1) is 0 Å². The van der Waals surface area contributed by atoms with Gasteiger partial charge in [-0.1, -0.05) is 26.0 Å². The minimum absolute atomic E-state index is 0.0169. The molecule has 0 fully saturated rings. The summed E-state index contributed by atoms with van der Waals surface area (Å²) < 4.78 is 12.7. The van der Waals surface area contributed by atoms with E-state index in [-0.39, 0.29) is 17.5 Å². The van der Waals surface area contributed by atoms with Gasteiger partial charge in [0.25, 0.3) is 0 Å². The highest BCUT2D eigenvalue weighted by atomic mass is 19.1. The third-order valence-electron chi connectivity index (χ3n) is 1.91. The minimum Gasteiger partial charge on any atom is -0.299 e. The maximum atomic E-state index is 12.7. The summed E-state index contributed by atoms with van der Waals surface area (Å²) in [5, 5.41) is 0. The van der Waals surface area contributed by atoms with Crippen molar-refractivity contribution in [2.75, 3.05) is 0 Å². The first-order chi connectivity index (χ1) is 6.09. The maximum absolute atomic E-state index is 12.7. The Morgan fingerprint density at radius 3 is 2.69 bits per heavy atom. The number of rotatable bonds is 3. The Balaban J connectivity index is 2.69. The Morgan fingerprint density at radius 1 is 1.46 bits per heavy atom. The number of benzene rings is 1. The summed E-state index contributed by atoms with van der Waals surface area (Å²) in [6.45, 7) is 3.70. The molecule has 0 spiro atoms. The van der Waals surface area contributed by atoms with Gasteiger partial charge in [0.2, 0.25) is 0 Å². The predicted octanol–water partition coefficient (Wildman–Crippen LogP) is 2.59. The zero-order valence-electron chi connectivity index (χ0n) is 7.88. The summed E-state index contributed by atoms with van der Waals surface area (Å²) >= 11 is 0. The van der Waals surface area contributed by atoms with Crippen LogP contribution in [-0.2, 0) is 11.2 Å². The summed E-state index contributed by atoms with van der Waals surface area (Å²) in [4.78, 5) is 11.3. The Kier molecular flexibility index (Phi) is 3.18.